The van der Waals surface area contributed by atoms with Crippen molar-refractivity contribution in [2.45, 2.75) is 26.0 Å². The lowest BCUT2D eigenvalue weighted by atomic mass is 9.99. The second kappa shape index (κ2) is 11.8. The Balaban J connectivity index is 1.64. The molecule has 1 aliphatic heterocycles. The topological polar surface area (TPSA) is 95.9 Å². The lowest BCUT2D eigenvalue weighted by Crippen LogP contribution is -2.50. The standard InChI is InChI=1S/C29H32N4O4/c1-20-17-33(21(2)19-34)29(36)25-14-23(12-11-22-8-5-4-6-9-22)15-31-27(25)37-26(20)18-32(3)28(35)24-10-7-13-30-16-24/h4-16,20-21,26,34H,17-19H2,1-3H3/b12-11+/t20-,21-,26+/m1/s1. The van der Waals surface area contributed by atoms with Crippen LogP contribution >= 0.6 is 0 Å². The Morgan fingerprint density at radius 3 is 2.65 bits per heavy atom. The van der Waals surface area contributed by atoms with E-state index in [2.05, 4.69) is 9.97 Å². The molecule has 0 radical (unpaired) electrons. The van der Waals surface area contributed by atoms with Crippen LogP contribution in [0.5, 0.6) is 5.88 Å². The second-order valence-corrected chi connectivity index (χ2v) is 9.42. The minimum atomic E-state index is -0.427. The number of aromatic nitrogens is 2. The molecule has 0 bridgehead atoms. The molecule has 0 fully saturated rings. The molecule has 8 heteroatoms. The summed E-state index contributed by atoms with van der Waals surface area (Å²) in [5, 5.41) is 9.87. The maximum atomic E-state index is 13.6. The van der Waals surface area contributed by atoms with E-state index in [0.717, 1.165) is 11.1 Å². The van der Waals surface area contributed by atoms with Crippen molar-refractivity contribution in [2.24, 2.45) is 5.92 Å². The number of benzene rings is 1. The molecule has 1 N–H and O–H groups in total. The highest BCUT2D eigenvalue weighted by Crippen LogP contribution is 2.28. The quantitative estimate of drug-likeness (QED) is 0.532. The van der Waals surface area contributed by atoms with E-state index in [1.807, 2.05) is 56.3 Å². The summed E-state index contributed by atoms with van der Waals surface area (Å²) in [6.07, 6.45) is 8.25. The van der Waals surface area contributed by atoms with Gasteiger partial charge in [-0.05, 0) is 36.2 Å². The molecular formula is C29H32N4O4. The number of fused-ring (bicyclic) bond motifs is 1. The molecule has 1 aliphatic rings. The van der Waals surface area contributed by atoms with Gasteiger partial charge >= 0.3 is 0 Å². The van der Waals surface area contributed by atoms with Crippen molar-refractivity contribution in [3.8, 4) is 5.88 Å². The lowest BCUT2D eigenvalue weighted by Gasteiger charge is -2.37. The number of hydrogen-bond acceptors (Lipinski definition) is 6. The number of carbonyl (C=O) groups is 2. The van der Waals surface area contributed by atoms with E-state index in [1.165, 1.54) is 6.20 Å². The summed E-state index contributed by atoms with van der Waals surface area (Å²) in [4.78, 5) is 38.3. The molecule has 3 aromatic rings. The van der Waals surface area contributed by atoms with Gasteiger partial charge in [0.05, 0.1) is 24.8 Å². The Kier molecular flexibility index (Phi) is 8.30. The number of ether oxygens (including phenoxy) is 1. The molecule has 2 aromatic heterocycles. The summed E-state index contributed by atoms with van der Waals surface area (Å²) < 4.78 is 6.30. The SMILES string of the molecule is C[C@@H]1CN([C@H](C)CO)C(=O)c2cc(/C=C/c3ccccc3)cnc2O[C@H]1CN(C)C(=O)c1cccnc1. The van der Waals surface area contributed by atoms with Crippen LogP contribution in [0.15, 0.2) is 67.1 Å². The summed E-state index contributed by atoms with van der Waals surface area (Å²) in [6.45, 7) is 4.27. The van der Waals surface area contributed by atoms with Crippen LogP contribution in [0.3, 0.4) is 0 Å². The van der Waals surface area contributed by atoms with Crippen molar-refractivity contribution in [1.82, 2.24) is 19.8 Å². The molecular weight excluding hydrogens is 468 g/mol. The molecule has 0 saturated carbocycles. The van der Waals surface area contributed by atoms with Gasteiger partial charge in [-0.15, -0.1) is 0 Å². The number of carbonyl (C=O) groups excluding carboxylic acids is 2. The van der Waals surface area contributed by atoms with Gasteiger partial charge in [-0.3, -0.25) is 14.6 Å². The number of aliphatic hydroxyl groups excluding tert-OH is 1. The first kappa shape index (κ1) is 26.0. The highest BCUT2D eigenvalue weighted by atomic mass is 16.5. The second-order valence-electron chi connectivity index (χ2n) is 9.42. The van der Waals surface area contributed by atoms with E-state index in [-0.39, 0.29) is 36.3 Å². The average Bonchev–Trinajstić information content (AvgIpc) is 2.94. The number of nitrogens with zero attached hydrogens (tertiary/aromatic N) is 4. The van der Waals surface area contributed by atoms with Crippen LogP contribution < -0.4 is 4.74 Å². The fourth-order valence-electron chi connectivity index (χ4n) is 4.25. The van der Waals surface area contributed by atoms with Gasteiger partial charge in [0.15, 0.2) is 0 Å². The Morgan fingerprint density at radius 1 is 1.19 bits per heavy atom. The number of pyridine rings is 2. The van der Waals surface area contributed by atoms with Gasteiger partial charge in [-0.1, -0.05) is 49.4 Å². The molecule has 192 valence electrons. The summed E-state index contributed by atoms with van der Waals surface area (Å²) in [5.74, 6) is -0.327. The highest BCUT2D eigenvalue weighted by molar-refractivity contribution is 5.97. The predicted octanol–water partition coefficient (Wildman–Crippen LogP) is 3.64. The van der Waals surface area contributed by atoms with Gasteiger partial charge in [0.25, 0.3) is 11.8 Å². The van der Waals surface area contributed by atoms with E-state index in [0.29, 0.717) is 24.2 Å². The van der Waals surface area contributed by atoms with Crippen LogP contribution in [0.1, 0.15) is 45.7 Å². The van der Waals surface area contributed by atoms with Crippen LogP contribution in [0.4, 0.5) is 0 Å². The van der Waals surface area contributed by atoms with Crippen molar-refractivity contribution >= 4 is 24.0 Å². The fraction of sp³-hybridized carbons (Fsp3) is 0.310. The minimum absolute atomic E-state index is 0.130. The van der Waals surface area contributed by atoms with Crippen molar-refractivity contribution in [2.75, 3.05) is 26.7 Å². The Bertz CT molecular complexity index is 1250. The summed E-state index contributed by atoms with van der Waals surface area (Å²) in [5.41, 5.74) is 2.60. The fourth-order valence-corrected chi connectivity index (χ4v) is 4.25. The monoisotopic (exact) mass is 500 g/mol. The molecule has 0 spiro atoms. The molecule has 2 amide bonds. The Hall–Kier alpha value is -4.04. The van der Waals surface area contributed by atoms with Crippen molar-refractivity contribution < 1.29 is 19.4 Å². The van der Waals surface area contributed by atoms with E-state index in [9.17, 15) is 14.7 Å². The molecule has 0 saturated heterocycles. The molecule has 8 nitrogen and oxygen atoms in total. The average molecular weight is 501 g/mol. The molecule has 0 aliphatic carbocycles. The molecule has 1 aromatic carbocycles. The molecule has 4 rings (SSSR count). The van der Waals surface area contributed by atoms with Crippen molar-refractivity contribution in [3.63, 3.8) is 0 Å². The molecule has 37 heavy (non-hydrogen) atoms. The first-order valence-electron chi connectivity index (χ1n) is 12.3. The summed E-state index contributed by atoms with van der Waals surface area (Å²) in [6, 6.07) is 14.7. The highest BCUT2D eigenvalue weighted by Gasteiger charge is 2.34. The summed E-state index contributed by atoms with van der Waals surface area (Å²) in [7, 11) is 1.72. The molecule has 3 heterocycles. The van der Waals surface area contributed by atoms with Crippen LogP contribution in [-0.4, -0.2) is 75.6 Å². The minimum Gasteiger partial charge on any atom is -0.472 e. The van der Waals surface area contributed by atoms with Crippen LogP contribution in [0.2, 0.25) is 0 Å². The van der Waals surface area contributed by atoms with E-state index >= 15 is 0 Å². The predicted molar refractivity (Wildman–Crippen MR) is 142 cm³/mol. The van der Waals surface area contributed by atoms with Crippen LogP contribution in [-0.2, 0) is 0 Å². The zero-order chi connectivity index (χ0) is 26.4. The van der Waals surface area contributed by atoms with Gasteiger partial charge in [0.1, 0.15) is 11.7 Å². The number of amides is 2. The lowest BCUT2D eigenvalue weighted by molar-refractivity contribution is 0.0313. The van der Waals surface area contributed by atoms with Crippen LogP contribution in [0, 0.1) is 5.92 Å². The number of hydrogen-bond donors (Lipinski definition) is 1. The molecule has 3 atom stereocenters. The zero-order valence-electron chi connectivity index (χ0n) is 21.3. The zero-order valence-corrected chi connectivity index (χ0v) is 21.3. The maximum Gasteiger partial charge on any atom is 0.259 e. The Labute approximate surface area is 217 Å². The summed E-state index contributed by atoms with van der Waals surface area (Å²) >= 11 is 0. The van der Waals surface area contributed by atoms with E-state index < -0.39 is 6.10 Å². The van der Waals surface area contributed by atoms with Gasteiger partial charge in [0.2, 0.25) is 5.88 Å². The van der Waals surface area contributed by atoms with Crippen molar-refractivity contribution in [3.05, 3.63) is 89.4 Å². The first-order valence-corrected chi connectivity index (χ1v) is 12.3. The number of aliphatic hydroxyl groups is 1. The third-order valence-electron chi connectivity index (χ3n) is 6.52. The van der Waals surface area contributed by atoms with Gasteiger partial charge in [0, 0.05) is 38.1 Å². The van der Waals surface area contributed by atoms with Gasteiger partial charge < -0.3 is 19.6 Å². The van der Waals surface area contributed by atoms with E-state index in [4.69, 9.17) is 4.74 Å². The van der Waals surface area contributed by atoms with Gasteiger partial charge in [-0.2, -0.15) is 0 Å². The van der Waals surface area contributed by atoms with E-state index in [1.54, 1.807) is 47.4 Å². The van der Waals surface area contributed by atoms with Crippen LogP contribution in [0.25, 0.3) is 12.2 Å². The smallest absolute Gasteiger partial charge is 0.259 e. The largest absolute Gasteiger partial charge is 0.472 e. The first-order chi connectivity index (χ1) is 17.9. The third-order valence-corrected chi connectivity index (χ3v) is 6.52. The third kappa shape index (κ3) is 6.21. The van der Waals surface area contributed by atoms with Gasteiger partial charge in [-0.25, -0.2) is 4.98 Å². The Morgan fingerprint density at radius 2 is 1.95 bits per heavy atom. The molecule has 0 unspecified atom stereocenters. The normalized spacial score (nSPS) is 18.5. The maximum absolute atomic E-state index is 13.6. The number of rotatable bonds is 7. The van der Waals surface area contributed by atoms with Crippen molar-refractivity contribution in [1.29, 1.82) is 0 Å². The number of likely N-dealkylation sites (N-methyl/N-ethyl adjacent to an activating group) is 1.